The summed E-state index contributed by atoms with van der Waals surface area (Å²) < 4.78 is 20.0. The van der Waals surface area contributed by atoms with Gasteiger partial charge in [-0.15, -0.1) is 0 Å². The Bertz CT molecular complexity index is 985. The fourth-order valence-corrected chi connectivity index (χ4v) is 4.53. The van der Waals surface area contributed by atoms with Crippen molar-refractivity contribution in [1.29, 1.82) is 0 Å². The van der Waals surface area contributed by atoms with Crippen molar-refractivity contribution in [2.45, 2.75) is 38.3 Å². The topological polar surface area (TPSA) is 86.3 Å². The van der Waals surface area contributed by atoms with E-state index in [2.05, 4.69) is 26.3 Å². The fourth-order valence-electron chi connectivity index (χ4n) is 3.95. The van der Waals surface area contributed by atoms with Gasteiger partial charge in [0.1, 0.15) is 11.6 Å². The van der Waals surface area contributed by atoms with Crippen molar-refractivity contribution in [2.24, 2.45) is 5.73 Å². The van der Waals surface area contributed by atoms with Crippen LogP contribution < -0.4 is 10.5 Å². The third-order valence-electron chi connectivity index (χ3n) is 5.64. The van der Waals surface area contributed by atoms with Gasteiger partial charge in [0.2, 0.25) is 5.88 Å². The minimum absolute atomic E-state index is 0.516. The smallest absolute Gasteiger partial charge is 0.219 e. The van der Waals surface area contributed by atoms with E-state index in [0.29, 0.717) is 5.88 Å². The van der Waals surface area contributed by atoms with Crippen LogP contribution in [-0.2, 0) is 16.0 Å². The molecule has 0 bridgehead atoms. The first-order valence-electron chi connectivity index (χ1n) is 10.0. The number of rotatable bonds is 4. The molecule has 0 spiro atoms. The van der Waals surface area contributed by atoms with Crippen LogP contribution in [0.15, 0.2) is 36.5 Å². The molecule has 2 aromatic heterocycles. The molecule has 7 nitrogen and oxygen atoms in total. The molecule has 1 aromatic carbocycles. The first-order valence-corrected chi connectivity index (χ1v) is 12.0. The first-order chi connectivity index (χ1) is 14.3. The highest BCUT2D eigenvalue weighted by atomic mass is 127. The summed E-state index contributed by atoms with van der Waals surface area (Å²) >= 11 is -1.18. The van der Waals surface area contributed by atoms with E-state index in [1.54, 1.807) is 18.3 Å². The van der Waals surface area contributed by atoms with Crippen LogP contribution in [0.2, 0.25) is 0 Å². The van der Waals surface area contributed by atoms with Crippen LogP contribution in [0.4, 0.5) is 0 Å². The molecule has 1 fully saturated rings. The van der Waals surface area contributed by atoms with Crippen LogP contribution in [0, 0.1) is 3.57 Å². The Balaban J connectivity index is 0.000000994. The summed E-state index contributed by atoms with van der Waals surface area (Å²) in [7, 11) is 1.50. The molecule has 154 valence electrons. The summed E-state index contributed by atoms with van der Waals surface area (Å²) in [6.07, 6.45) is 6.69. The molecule has 0 unspecified atom stereocenters. The normalized spacial score (nSPS) is 17.0. The predicted octanol–water partition coefficient (Wildman–Crippen LogP) is 3.69. The van der Waals surface area contributed by atoms with Crippen LogP contribution in [-0.4, -0.2) is 45.6 Å². The van der Waals surface area contributed by atoms with Gasteiger partial charge in [0, 0.05) is 50.4 Å². The lowest BCUT2D eigenvalue weighted by molar-refractivity contribution is 0.130. The van der Waals surface area contributed by atoms with Crippen LogP contribution in [0.3, 0.4) is 0 Å². The van der Waals surface area contributed by atoms with E-state index in [0.717, 1.165) is 52.5 Å². The first kappa shape index (κ1) is 20.4. The molecule has 8 heteroatoms. The van der Waals surface area contributed by atoms with Gasteiger partial charge >= 0.3 is 0 Å². The lowest BCUT2D eigenvalue weighted by Crippen LogP contribution is -2.41. The summed E-state index contributed by atoms with van der Waals surface area (Å²) in [4.78, 5) is 11.7. The Morgan fingerprint density at radius 1 is 1.14 bits per heavy atom. The maximum absolute atomic E-state index is 11.0. The van der Waals surface area contributed by atoms with Gasteiger partial charge in [0.15, 0.2) is 21.2 Å². The minimum atomic E-state index is -1.18. The second kappa shape index (κ2) is 9.27. The highest BCUT2D eigenvalue weighted by Gasteiger charge is 2.27. The van der Waals surface area contributed by atoms with Gasteiger partial charge in [0.05, 0.1) is 14.6 Å². The quantitative estimate of drug-likeness (QED) is 0.543. The van der Waals surface area contributed by atoms with Crippen molar-refractivity contribution in [1.82, 2.24) is 19.4 Å². The van der Waals surface area contributed by atoms with Gasteiger partial charge < -0.3 is 15.0 Å². The van der Waals surface area contributed by atoms with E-state index in [4.69, 9.17) is 9.72 Å². The molecule has 1 aliphatic carbocycles. The molecular weight excluding hydrogens is 481 g/mol. The van der Waals surface area contributed by atoms with Gasteiger partial charge in [-0.1, -0.05) is 6.42 Å². The largest absolute Gasteiger partial charge is 0.439 e. The standard InChI is InChI=1S/C20H21IN4O2.CH5N/c26-21-14-4-7-20(22-13-14)27-16-5-6-17-18(12-16)25-11-10-24(15-2-1-3-15)9-8-19(25)23-17;1-2/h4-7,12-13,15H,1-3,8-11H2;2H2,1H3. The Labute approximate surface area is 180 Å². The molecule has 0 radical (unpaired) electrons. The molecule has 0 amide bonds. The van der Waals surface area contributed by atoms with Crippen molar-refractivity contribution >= 4 is 32.2 Å². The van der Waals surface area contributed by atoms with E-state index in [1.807, 2.05) is 12.1 Å². The van der Waals surface area contributed by atoms with Crippen LogP contribution in [0.1, 0.15) is 25.1 Å². The van der Waals surface area contributed by atoms with Gasteiger partial charge in [-0.25, -0.2) is 9.97 Å². The molecule has 2 aliphatic rings. The molecule has 1 saturated carbocycles. The zero-order valence-corrected chi connectivity index (χ0v) is 18.7. The summed E-state index contributed by atoms with van der Waals surface area (Å²) in [5, 5.41) is 0. The molecule has 0 saturated heterocycles. The van der Waals surface area contributed by atoms with Crippen LogP contribution in [0.5, 0.6) is 11.6 Å². The molecule has 5 rings (SSSR count). The average molecular weight is 507 g/mol. The predicted molar refractivity (Wildman–Crippen MR) is 120 cm³/mol. The van der Waals surface area contributed by atoms with Crippen molar-refractivity contribution in [3.05, 3.63) is 45.9 Å². The zero-order valence-electron chi connectivity index (χ0n) is 16.6. The number of aromatic nitrogens is 3. The van der Waals surface area contributed by atoms with E-state index in [1.165, 1.54) is 32.1 Å². The number of hydrogen-bond acceptors (Lipinski definition) is 6. The van der Waals surface area contributed by atoms with Gasteiger partial charge in [-0.3, -0.25) is 7.97 Å². The Hall–Kier alpha value is -1.91. The highest BCUT2D eigenvalue weighted by Crippen LogP contribution is 2.29. The van der Waals surface area contributed by atoms with Crippen molar-refractivity contribution < 1.29 is 7.81 Å². The highest BCUT2D eigenvalue weighted by molar-refractivity contribution is 14.1. The number of fused-ring (bicyclic) bond motifs is 3. The number of ether oxygens (including phenoxy) is 1. The Kier molecular flexibility index (Phi) is 6.51. The van der Waals surface area contributed by atoms with Crippen molar-refractivity contribution in [2.75, 3.05) is 20.1 Å². The number of hydrogen-bond donors (Lipinski definition) is 1. The molecular formula is C21H26IN5O2. The molecule has 3 aromatic rings. The van der Waals surface area contributed by atoms with Crippen LogP contribution in [0.25, 0.3) is 11.0 Å². The minimum Gasteiger partial charge on any atom is -0.439 e. The third kappa shape index (κ3) is 4.34. The number of imidazole rings is 1. The third-order valence-corrected chi connectivity index (χ3v) is 6.78. The Morgan fingerprint density at radius 3 is 2.69 bits per heavy atom. The maximum atomic E-state index is 11.0. The lowest BCUT2D eigenvalue weighted by Gasteiger charge is -2.36. The molecule has 2 N–H and O–H groups in total. The summed E-state index contributed by atoms with van der Waals surface area (Å²) in [5.74, 6) is 2.44. The summed E-state index contributed by atoms with van der Waals surface area (Å²) in [6, 6.07) is 10.4. The molecule has 3 heterocycles. The average Bonchev–Trinajstić information content (AvgIpc) is 2.94. The van der Waals surface area contributed by atoms with E-state index < -0.39 is 21.2 Å². The Morgan fingerprint density at radius 2 is 2.00 bits per heavy atom. The van der Waals surface area contributed by atoms with Crippen LogP contribution >= 0.6 is 21.2 Å². The summed E-state index contributed by atoms with van der Waals surface area (Å²) in [5.41, 5.74) is 6.65. The van der Waals surface area contributed by atoms with Crippen molar-refractivity contribution in [3.8, 4) is 11.6 Å². The van der Waals surface area contributed by atoms with E-state index >= 15 is 0 Å². The monoisotopic (exact) mass is 507 g/mol. The van der Waals surface area contributed by atoms with E-state index in [-0.39, 0.29) is 0 Å². The van der Waals surface area contributed by atoms with Gasteiger partial charge in [-0.2, -0.15) is 0 Å². The number of pyridine rings is 1. The number of benzene rings is 1. The number of nitrogens with zero attached hydrogens (tertiary/aromatic N) is 4. The zero-order chi connectivity index (χ0) is 20.2. The molecule has 29 heavy (non-hydrogen) atoms. The lowest BCUT2D eigenvalue weighted by atomic mass is 9.91. The molecule has 0 atom stereocenters. The van der Waals surface area contributed by atoms with Gasteiger partial charge in [-0.05, 0) is 38.1 Å². The summed E-state index contributed by atoms with van der Waals surface area (Å²) in [6.45, 7) is 3.18. The second-order valence-corrected chi connectivity index (χ2v) is 8.88. The number of nitrogens with two attached hydrogens (primary N) is 1. The maximum Gasteiger partial charge on any atom is 0.219 e. The van der Waals surface area contributed by atoms with Crippen molar-refractivity contribution in [3.63, 3.8) is 0 Å². The van der Waals surface area contributed by atoms with Gasteiger partial charge in [0.25, 0.3) is 0 Å². The second-order valence-electron chi connectivity index (χ2n) is 7.19. The van der Waals surface area contributed by atoms with E-state index in [9.17, 15) is 3.07 Å². The fraction of sp³-hybridized carbons (Fsp3) is 0.429. The molecule has 1 aliphatic heterocycles. The SMILES string of the molecule is CN.O=Ic1ccc(Oc2ccc3nc4n(c3c2)CCN(C2CCC2)CC4)nc1. The number of halogens is 1.